The van der Waals surface area contributed by atoms with Crippen molar-refractivity contribution < 1.29 is 14.6 Å². The number of ether oxygens (including phenoxy) is 2. The lowest BCUT2D eigenvalue weighted by Crippen LogP contribution is -2.02. The van der Waals surface area contributed by atoms with Crippen LogP contribution in [0.25, 0.3) is 0 Å². The van der Waals surface area contributed by atoms with Crippen LogP contribution in [0.3, 0.4) is 0 Å². The van der Waals surface area contributed by atoms with E-state index in [0.717, 1.165) is 46.9 Å². The minimum absolute atomic E-state index is 0.210. The zero-order chi connectivity index (χ0) is 13.0. The molecule has 4 heteroatoms. The van der Waals surface area contributed by atoms with Gasteiger partial charge in [0.15, 0.2) is 11.5 Å². The zero-order valence-corrected chi connectivity index (χ0v) is 12.2. The van der Waals surface area contributed by atoms with Crippen LogP contribution in [0.4, 0.5) is 0 Å². The number of aryl methyl sites for hydroxylation is 1. The molecule has 18 heavy (non-hydrogen) atoms. The van der Waals surface area contributed by atoms with Crippen LogP contribution < -0.4 is 9.47 Å². The zero-order valence-electron chi connectivity index (χ0n) is 10.6. The van der Waals surface area contributed by atoms with Gasteiger partial charge in [0, 0.05) is 6.61 Å². The number of halogens is 1. The molecule has 0 amide bonds. The van der Waals surface area contributed by atoms with Gasteiger partial charge in [0.25, 0.3) is 0 Å². The highest BCUT2D eigenvalue weighted by Crippen LogP contribution is 2.38. The lowest BCUT2D eigenvalue weighted by Gasteiger charge is -2.14. The third-order valence-electron chi connectivity index (χ3n) is 3.07. The molecule has 0 atom stereocenters. The van der Waals surface area contributed by atoms with Gasteiger partial charge in [0.2, 0.25) is 0 Å². The normalized spacial score (nSPS) is 14.6. The molecule has 0 heterocycles. The fraction of sp³-hybridized carbons (Fsp3) is 0.571. The van der Waals surface area contributed by atoms with Crippen LogP contribution in [0, 0.1) is 5.92 Å². The van der Waals surface area contributed by atoms with Gasteiger partial charge in [-0.25, -0.2) is 0 Å². The summed E-state index contributed by atoms with van der Waals surface area (Å²) in [6.07, 6.45) is 4.15. The van der Waals surface area contributed by atoms with E-state index in [1.165, 1.54) is 12.8 Å². The summed E-state index contributed by atoms with van der Waals surface area (Å²) < 4.78 is 12.1. The molecule has 1 fully saturated rings. The van der Waals surface area contributed by atoms with Gasteiger partial charge in [0.1, 0.15) is 0 Å². The maximum Gasteiger partial charge on any atom is 0.174 e. The topological polar surface area (TPSA) is 38.7 Å². The van der Waals surface area contributed by atoms with Crippen LogP contribution in [-0.4, -0.2) is 25.4 Å². The molecule has 1 aromatic rings. The summed E-state index contributed by atoms with van der Waals surface area (Å²) in [5, 5.41) is 8.88. The van der Waals surface area contributed by atoms with Crippen LogP contribution in [0.15, 0.2) is 16.6 Å². The predicted molar refractivity (Wildman–Crippen MR) is 74.3 cm³/mol. The van der Waals surface area contributed by atoms with Crippen LogP contribution in [0.1, 0.15) is 24.8 Å². The van der Waals surface area contributed by atoms with Gasteiger partial charge in [-0.1, -0.05) is 0 Å². The molecule has 0 radical (unpaired) electrons. The molecule has 1 aliphatic rings. The Morgan fingerprint density at radius 3 is 2.78 bits per heavy atom. The SMILES string of the molecule is COc1c(Br)cc(CCCO)cc1OCC1CC1. The average molecular weight is 315 g/mol. The second kappa shape index (κ2) is 6.43. The van der Waals surface area contributed by atoms with E-state index in [2.05, 4.69) is 15.9 Å². The van der Waals surface area contributed by atoms with Crippen molar-refractivity contribution in [2.45, 2.75) is 25.7 Å². The third kappa shape index (κ3) is 3.62. The smallest absolute Gasteiger partial charge is 0.174 e. The van der Waals surface area contributed by atoms with E-state index in [-0.39, 0.29) is 6.61 Å². The van der Waals surface area contributed by atoms with Crippen molar-refractivity contribution >= 4 is 15.9 Å². The maximum atomic E-state index is 8.88. The Hall–Kier alpha value is -0.740. The Kier molecular flexibility index (Phi) is 4.89. The first-order valence-corrected chi connectivity index (χ1v) is 7.14. The number of hydrogen-bond acceptors (Lipinski definition) is 3. The predicted octanol–water partition coefficient (Wildman–Crippen LogP) is 3.17. The summed E-state index contributed by atoms with van der Waals surface area (Å²) in [5.41, 5.74) is 1.16. The Balaban J connectivity index is 2.12. The Bertz CT molecular complexity index is 402. The van der Waals surface area contributed by atoms with Crippen molar-refractivity contribution in [1.29, 1.82) is 0 Å². The Morgan fingerprint density at radius 1 is 1.39 bits per heavy atom. The minimum Gasteiger partial charge on any atom is -0.492 e. The molecule has 0 bridgehead atoms. The third-order valence-corrected chi connectivity index (χ3v) is 3.66. The second-order valence-corrected chi connectivity index (χ2v) is 5.54. The van der Waals surface area contributed by atoms with Crippen LogP contribution >= 0.6 is 15.9 Å². The van der Waals surface area contributed by atoms with E-state index in [4.69, 9.17) is 14.6 Å². The fourth-order valence-corrected chi connectivity index (χ4v) is 2.50. The highest BCUT2D eigenvalue weighted by Gasteiger charge is 2.23. The van der Waals surface area contributed by atoms with Crippen molar-refractivity contribution in [2.24, 2.45) is 5.92 Å². The molecule has 0 spiro atoms. The molecule has 100 valence electrons. The minimum atomic E-state index is 0.210. The molecule has 1 N–H and O–H groups in total. The number of hydrogen-bond donors (Lipinski definition) is 1. The molecular formula is C14H19BrO3. The number of methoxy groups -OCH3 is 1. The maximum absolute atomic E-state index is 8.88. The second-order valence-electron chi connectivity index (χ2n) is 4.69. The van der Waals surface area contributed by atoms with Crippen molar-refractivity contribution in [1.82, 2.24) is 0 Å². The standard InChI is InChI=1S/C14H19BrO3/c1-17-14-12(15)7-11(3-2-6-16)8-13(14)18-9-10-4-5-10/h7-8,10,16H,2-6,9H2,1H3. The van der Waals surface area contributed by atoms with Crippen molar-refractivity contribution in [3.63, 3.8) is 0 Å². The van der Waals surface area contributed by atoms with Gasteiger partial charge in [-0.15, -0.1) is 0 Å². The van der Waals surface area contributed by atoms with Crippen LogP contribution in [-0.2, 0) is 6.42 Å². The first-order valence-electron chi connectivity index (χ1n) is 6.34. The van der Waals surface area contributed by atoms with Gasteiger partial charge in [-0.05, 0) is 65.2 Å². The van der Waals surface area contributed by atoms with E-state index in [0.29, 0.717) is 0 Å². The summed E-state index contributed by atoms with van der Waals surface area (Å²) in [7, 11) is 1.65. The molecule has 0 saturated heterocycles. The highest BCUT2D eigenvalue weighted by molar-refractivity contribution is 9.10. The summed E-state index contributed by atoms with van der Waals surface area (Å²) in [6, 6.07) is 4.04. The molecule has 0 aliphatic heterocycles. The first kappa shape index (κ1) is 13.7. The van der Waals surface area contributed by atoms with E-state index < -0.39 is 0 Å². The summed E-state index contributed by atoms with van der Waals surface area (Å²) >= 11 is 3.51. The quantitative estimate of drug-likeness (QED) is 0.840. The monoisotopic (exact) mass is 314 g/mol. The highest BCUT2D eigenvalue weighted by atomic mass is 79.9. The van der Waals surface area contributed by atoms with E-state index in [9.17, 15) is 0 Å². The van der Waals surface area contributed by atoms with Crippen LogP contribution in [0.5, 0.6) is 11.5 Å². The molecule has 1 saturated carbocycles. The summed E-state index contributed by atoms with van der Waals surface area (Å²) in [4.78, 5) is 0. The van der Waals surface area contributed by atoms with Gasteiger partial charge in [-0.2, -0.15) is 0 Å². The van der Waals surface area contributed by atoms with Crippen molar-refractivity contribution in [2.75, 3.05) is 20.3 Å². The van der Waals surface area contributed by atoms with Gasteiger partial charge in [0.05, 0.1) is 18.2 Å². The number of aliphatic hydroxyl groups is 1. The lowest BCUT2D eigenvalue weighted by atomic mass is 10.1. The molecule has 1 aliphatic carbocycles. The molecular weight excluding hydrogens is 296 g/mol. The van der Waals surface area contributed by atoms with E-state index in [1.54, 1.807) is 7.11 Å². The molecule has 0 unspecified atom stereocenters. The van der Waals surface area contributed by atoms with Gasteiger partial charge < -0.3 is 14.6 Å². The summed E-state index contributed by atoms with van der Waals surface area (Å²) in [5.74, 6) is 2.27. The van der Waals surface area contributed by atoms with Gasteiger partial charge in [-0.3, -0.25) is 0 Å². The van der Waals surface area contributed by atoms with Gasteiger partial charge >= 0.3 is 0 Å². The fourth-order valence-electron chi connectivity index (χ4n) is 1.85. The first-order chi connectivity index (χ1) is 8.74. The number of aliphatic hydroxyl groups excluding tert-OH is 1. The Labute approximate surface area is 116 Å². The van der Waals surface area contributed by atoms with E-state index in [1.807, 2.05) is 12.1 Å². The molecule has 3 nitrogen and oxygen atoms in total. The van der Waals surface area contributed by atoms with E-state index >= 15 is 0 Å². The largest absolute Gasteiger partial charge is 0.492 e. The Morgan fingerprint density at radius 2 is 2.17 bits per heavy atom. The lowest BCUT2D eigenvalue weighted by molar-refractivity contribution is 0.278. The summed E-state index contributed by atoms with van der Waals surface area (Å²) in [6.45, 7) is 0.980. The molecule has 0 aromatic heterocycles. The number of rotatable bonds is 7. The number of benzene rings is 1. The molecule has 1 aromatic carbocycles. The van der Waals surface area contributed by atoms with Crippen molar-refractivity contribution in [3.8, 4) is 11.5 Å². The molecule has 2 rings (SSSR count). The van der Waals surface area contributed by atoms with Crippen molar-refractivity contribution in [3.05, 3.63) is 22.2 Å². The van der Waals surface area contributed by atoms with Crippen LogP contribution in [0.2, 0.25) is 0 Å². The average Bonchev–Trinajstić information content (AvgIpc) is 3.17.